The number of hydrogen-bond acceptors (Lipinski definition) is 5. The summed E-state index contributed by atoms with van der Waals surface area (Å²) in [5.41, 5.74) is 5.36. The molecule has 1 aromatic rings. The molecule has 0 aromatic carbocycles. The van der Waals surface area contributed by atoms with Crippen LogP contribution < -0.4 is 11.3 Å². The Morgan fingerprint density at radius 2 is 2.20 bits per heavy atom. The number of aromatic nitrogens is 2. The second-order valence-corrected chi connectivity index (χ2v) is 5.88. The number of nitrogens with two attached hydrogens (primary N) is 1. The molecule has 6 nitrogen and oxygen atoms in total. The topological polar surface area (TPSA) is 62.4 Å². The largest absolute Gasteiger partial charge is 0.303 e. The summed E-state index contributed by atoms with van der Waals surface area (Å²) in [7, 11) is 4.36. The third-order valence-corrected chi connectivity index (χ3v) is 4.29. The fourth-order valence-electron chi connectivity index (χ4n) is 3.05. The van der Waals surface area contributed by atoms with Crippen molar-refractivity contribution in [3.05, 3.63) is 17.5 Å². The molecule has 6 heteroatoms. The number of hydrogen-bond donors (Lipinski definition) is 2. The summed E-state index contributed by atoms with van der Waals surface area (Å²) in [6.45, 7) is 8.33. The number of piperazine rings is 1. The van der Waals surface area contributed by atoms with Crippen LogP contribution in [0.2, 0.25) is 0 Å². The zero-order chi connectivity index (χ0) is 14.7. The van der Waals surface area contributed by atoms with Crippen molar-refractivity contribution >= 4 is 0 Å². The first-order valence-corrected chi connectivity index (χ1v) is 7.43. The Hall–Kier alpha value is -0.950. The molecule has 0 saturated carbocycles. The second-order valence-electron chi connectivity index (χ2n) is 5.88. The SMILES string of the molecule is CCn1nc(C)cc1CC(NN)C1CN(C)CCN1C. The molecule has 2 atom stereocenters. The van der Waals surface area contributed by atoms with E-state index in [4.69, 9.17) is 5.84 Å². The van der Waals surface area contributed by atoms with Gasteiger partial charge in [-0.1, -0.05) is 0 Å². The standard InChI is InChI=1S/C14H28N6/c1-5-20-12(8-11(2)17-20)9-13(16-15)14-10-18(3)6-7-19(14)4/h8,13-14,16H,5-7,9-10,15H2,1-4H3. The highest BCUT2D eigenvalue weighted by atomic mass is 15.3. The van der Waals surface area contributed by atoms with E-state index in [9.17, 15) is 0 Å². The van der Waals surface area contributed by atoms with Crippen LogP contribution in [0.3, 0.4) is 0 Å². The lowest BCUT2D eigenvalue weighted by Crippen LogP contribution is -2.60. The lowest BCUT2D eigenvalue weighted by molar-refractivity contribution is 0.0871. The van der Waals surface area contributed by atoms with Crippen LogP contribution in [0.1, 0.15) is 18.3 Å². The van der Waals surface area contributed by atoms with Crippen molar-refractivity contribution in [1.29, 1.82) is 0 Å². The predicted molar refractivity (Wildman–Crippen MR) is 81.4 cm³/mol. The molecule has 1 aliphatic rings. The van der Waals surface area contributed by atoms with Gasteiger partial charge in [-0.25, -0.2) is 0 Å². The van der Waals surface area contributed by atoms with Gasteiger partial charge < -0.3 is 4.90 Å². The first-order chi connectivity index (χ1) is 9.55. The van der Waals surface area contributed by atoms with Crippen LogP contribution in [-0.2, 0) is 13.0 Å². The van der Waals surface area contributed by atoms with Crippen LogP contribution in [-0.4, -0.2) is 65.4 Å². The summed E-state index contributed by atoms with van der Waals surface area (Å²) in [5.74, 6) is 5.83. The quantitative estimate of drug-likeness (QED) is 0.579. The molecule has 0 radical (unpaired) electrons. The molecule has 2 rings (SSSR count). The smallest absolute Gasteiger partial charge is 0.0596 e. The number of nitrogens with zero attached hydrogens (tertiary/aromatic N) is 4. The third kappa shape index (κ3) is 3.38. The van der Waals surface area contributed by atoms with E-state index in [-0.39, 0.29) is 6.04 Å². The summed E-state index contributed by atoms with van der Waals surface area (Å²) in [6.07, 6.45) is 0.911. The first kappa shape index (κ1) is 15.4. The van der Waals surface area contributed by atoms with Gasteiger partial charge in [-0.05, 0) is 34.0 Å². The van der Waals surface area contributed by atoms with E-state index >= 15 is 0 Å². The lowest BCUT2D eigenvalue weighted by Gasteiger charge is -2.41. The Balaban J connectivity index is 2.11. The van der Waals surface area contributed by atoms with Gasteiger partial charge in [0.25, 0.3) is 0 Å². The molecule has 1 fully saturated rings. The van der Waals surface area contributed by atoms with E-state index in [1.165, 1.54) is 5.69 Å². The lowest BCUT2D eigenvalue weighted by atomic mass is 9.99. The summed E-state index contributed by atoms with van der Waals surface area (Å²) in [6, 6.07) is 2.84. The number of nitrogens with one attached hydrogen (secondary N) is 1. The van der Waals surface area contributed by atoms with Gasteiger partial charge >= 0.3 is 0 Å². The highest BCUT2D eigenvalue weighted by Gasteiger charge is 2.30. The van der Waals surface area contributed by atoms with Gasteiger partial charge in [0, 0.05) is 50.4 Å². The van der Waals surface area contributed by atoms with Gasteiger partial charge in [0.2, 0.25) is 0 Å². The van der Waals surface area contributed by atoms with Gasteiger partial charge in [-0.2, -0.15) is 5.10 Å². The Bertz CT molecular complexity index is 429. The van der Waals surface area contributed by atoms with Crippen molar-refractivity contribution < 1.29 is 0 Å². The average Bonchev–Trinajstić information content (AvgIpc) is 2.79. The Morgan fingerprint density at radius 3 is 2.85 bits per heavy atom. The van der Waals surface area contributed by atoms with E-state index < -0.39 is 0 Å². The number of likely N-dealkylation sites (N-methyl/N-ethyl adjacent to an activating group) is 2. The van der Waals surface area contributed by atoms with Crippen molar-refractivity contribution in [3.8, 4) is 0 Å². The highest BCUT2D eigenvalue weighted by molar-refractivity contribution is 5.11. The molecule has 1 aliphatic heterocycles. The minimum atomic E-state index is 0.240. The van der Waals surface area contributed by atoms with Crippen molar-refractivity contribution in [2.24, 2.45) is 5.84 Å². The van der Waals surface area contributed by atoms with Gasteiger partial charge in [0.1, 0.15) is 0 Å². The summed E-state index contributed by atoms with van der Waals surface area (Å²) < 4.78 is 2.08. The van der Waals surface area contributed by atoms with E-state index in [0.29, 0.717) is 6.04 Å². The zero-order valence-electron chi connectivity index (χ0n) is 13.1. The monoisotopic (exact) mass is 280 g/mol. The minimum Gasteiger partial charge on any atom is -0.303 e. The van der Waals surface area contributed by atoms with Crippen LogP contribution in [0.25, 0.3) is 0 Å². The molecule has 1 saturated heterocycles. The normalized spacial score (nSPS) is 23.1. The van der Waals surface area contributed by atoms with E-state index in [1.54, 1.807) is 0 Å². The van der Waals surface area contributed by atoms with Gasteiger partial charge in [-0.3, -0.25) is 20.9 Å². The number of rotatable bonds is 5. The fourth-order valence-corrected chi connectivity index (χ4v) is 3.05. The van der Waals surface area contributed by atoms with Gasteiger partial charge in [0.05, 0.1) is 5.69 Å². The molecule has 20 heavy (non-hydrogen) atoms. The molecule has 0 spiro atoms. The van der Waals surface area contributed by atoms with Crippen LogP contribution in [0.5, 0.6) is 0 Å². The molecule has 3 N–H and O–H groups in total. The van der Waals surface area contributed by atoms with E-state index in [0.717, 1.165) is 38.3 Å². The molecule has 2 unspecified atom stereocenters. The molecular formula is C14H28N6. The summed E-state index contributed by atoms with van der Waals surface area (Å²) in [4.78, 5) is 4.78. The Labute approximate surface area is 121 Å². The molecule has 0 aliphatic carbocycles. The summed E-state index contributed by atoms with van der Waals surface area (Å²) in [5, 5.41) is 4.52. The highest BCUT2D eigenvalue weighted by Crippen LogP contribution is 2.15. The summed E-state index contributed by atoms with van der Waals surface area (Å²) >= 11 is 0. The Kier molecular flexibility index (Phi) is 5.15. The Morgan fingerprint density at radius 1 is 1.45 bits per heavy atom. The van der Waals surface area contributed by atoms with Gasteiger partial charge in [-0.15, -0.1) is 0 Å². The predicted octanol–water partition coefficient (Wildman–Crippen LogP) is -0.168. The van der Waals surface area contributed by atoms with Crippen molar-refractivity contribution in [2.75, 3.05) is 33.7 Å². The molecule has 0 amide bonds. The molecular weight excluding hydrogens is 252 g/mol. The third-order valence-electron chi connectivity index (χ3n) is 4.29. The number of hydrazine groups is 1. The van der Waals surface area contributed by atoms with Crippen molar-refractivity contribution in [3.63, 3.8) is 0 Å². The van der Waals surface area contributed by atoms with Crippen LogP contribution in [0.4, 0.5) is 0 Å². The molecule has 2 heterocycles. The number of aryl methyl sites for hydroxylation is 2. The van der Waals surface area contributed by atoms with Crippen LogP contribution in [0, 0.1) is 6.92 Å². The maximum absolute atomic E-state index is 5.83. The maximum atomic E-state index is 5.83. The average molecular weight is 280 g/mol. The molecule has 0 bridgehead atoms. The van der Waals surface area contributed by atoms with Crippen LogP contribution in [0.15, 0.2) is 6.07 Å². The molecule has 1 aromatic heterocycles. The van der Waals surface area contributed by atoms with Crippen LogP contribution >= 0.6 is 0 Å². The van der Waals surface area contributed by atoms with Crippen molar-refractivity contribution in [1.82, 2.24) is 25.0 Å². The molecule has 114 valence electrons. The van der Waals surface area contributed by atoms with E-state index in [1.807, 2.05) is 6.92 Å². The van der Waals surface area contributed by atoms with E-state index in [2.05, 4.69) is 52.1 Å². The second kappa shape index (κ2) is 6.67. The maximum Gasteiger partial charge on any atom is 0.0596 e. The zero-order valence-corrected chi connectivity index (χ0v) is 13.1. The fraction of sp³-hybridized carbons (Fsp3) is 0.786. The van der Waals surface area contributed by atoms with Crippen molar-refractivity contribution in [2.45, 2.75) is 38.9 Å². The first-order valence-electron chi connectivity index (χ1n) is 7.43. The van der Waals surface area contributed by atoms with Gasteiger partial charge in [0.15, 0.2) is 0 Å². The minimum absolute atomic E-state index is 0.240.